The van der Waals surface area contributed by atoms with Crippen LogP contribution in [0, 0.1) is 11.3 Å². The van der Waals surface area contributed by atoms with Gasteiger partial charge < -0.3 is 4.74 Å². The molecule has 0 aliphatic heterocycles. The van der Waals surface area contributed by atoms with Gasteiger partial charge in [-0.2, -0.15) is 5.10 Å². The zero-order valence-electron chi connectivity index (χ0n) is 18.5. The molecular formula is C24H30N4OS. The van der Waals surface area contributed by atoms with Crippen molar-refractivity contribution in [1.82, 2.24) is 9.97 Å². The fourth-order valence-electron chi connectivity index (χ4n) is 4.18. The quantitative estimate of drug-likeness (QED) is 0.386. The highest BCUT2D eigenvalue weighted by atomic mass is 32.1. The van der Waals surface area contributed by atoms with Crippen LogP contribution in [0.15, 0.2) is 35.7 Å². The van der Waals surface area contributed by atoms with Crippen LogP contribution in [-0.2, 0) is 12.8 Å². The molecule has 2 heterocycles. The third kappa shape index (κ3) is 3.93. The minimum absolute atomic E-state index is 0.346. The fraction of sp³-hybridized carbons (Fsp3) is 0.458. The Morgan fingerprint density at radius 1 is 1.27 bits per heavy atom. The lowest BCUT2D eigenvalue weighted by atomic mass is 9.69. The summed E-state index contributed by atoms with van der Waals surface area (Å²) in [6.45, 7) is 9.09. The normalized spacial score (nSPS) is 17.1. The predicted molar refractivity (Wildman–Crippen MR) is 126 cm³/mol. The standard InChI is InChI=1S/C24H30N4OS/c1-6-24(3,4)17-9-12-20-19(13-17)21-22(25-14-26-23(21)30-20)28-27-15(2)16-7-10-18(29-5)11-8-16/h7-8,10-11,14,17H,6,9,12-13H2,1-5H3,(H,25,26,28)/b27-15+. The van der Waals surface area contributed by atoms with Crippen LogP contribution < -0.4 is 10.2 Å². The number of fused-ring (bicyclic) bond motifs is 3. The van der Waals surface area contributed by atoms with Crippen LogP contribution in [0.1, 0.15) is 56.5 Å². The summed E-state index contributed by atoms with van der Waals surface area (Å²) in [5, 5.41) is 5.78. The molecule has 5 nitrogen and oxygen atoms in total. The molecule has 30 heavy (non-hydrogen) atoms. The second-order valence-electron chi connectivity index (χ2n) is 8.73. The van der Waals surface area contributed by atoms with E-state index < -0.39 is 0 Å². The summed E-state index contributed by atoms with van der Waals surface area (Å²) in [6, 6.07) is 7.92. The first-order valence-corrected chi connectivity index (χ1v) is 11.4. The van der Waals surface area contributed by atoms with Crippen LogP contribution in [0.5, 0.6) is 5.75 Å². The lowest BCUT2D eigenvalue weighted by molar-refractivity contribution is 0.184. The van der Waals surface area contributed by atoms with Crippen molar-refractivity contribution in [2.24, 2.45) is 16.4 Å². The van der Waals surface area contributed by atoms with Crippen LogP contribution in [0.4, 0.5) is 5.82 Å². The van der Waals surface area contributed by atoms with Crippen molar-refractivity contribution in [3.05, 3.63) is 46.6 Å². The van der Waals surface area contributed by atoms with Crippen molar-refractivity contribution < 1.29 is 4.74 Å². The molecule has 1 unspecified atom stereocenters. The van der Waals surface area contributed by atoms with Crippen molar-refractivity contribution in [2.45, 2.75) is 53.4 Å². The molecule has 0 amide bonds. The largest absolute Gasteiger partial charge is 0.497 e. The lowest BCUT2D eigenvalue weighted by Crippen LogP contribution is -2.28. The van der Waals surface area contributed by atoms with E-state index in [4.69, 9.17) is 4.74 Å². The van der Waals surface area contributed by atoms with Crippen molar-refractivity contribution in [3.63, 3.8) is 0 Å². The van der Waals surface area contributed by atoms with E-state index in [0.29, 0.717) is 11.3 Å². The summed E-state index contributed by atoms with van der Waals surface area (Å²) in [6.07, 6.45) is 6.32. The van der Waals surface area contributed by atoms with Crippen LogP contribution in [0.25, 0.3) is 10.2 Å². The lowest BCUT2D eigenvalue weighted by Gasteiger charge is -2.36. The molecule has 1 aliphatic carbocycles. The van der Waals surface area contributed by atoms with E-state index in [-0.39, 0.29) is 0 Å². The number of hydrogen-bond donors (Lipinski definition) is 1. The molecule has 1 aromatic carbocycles. The van der Waals surface area contributed by atoms with Crippen LogP contribution in [-0.4, -0.2) is 22.8 Å². The molecule has 1 atom stereocenters. The summed E-state index contributed by atoms with van der Waals surface area (Å²) in [7, 11) is 1.67. The number of hydrogen-bond acceptors (Lipinski definition) is 6. The van der Waals surface area contributed by atoms with E-state index in [1.165, 1.54) is 23.3 Å². The van der Waals surface area contributed by atoms with Gasteiger partial charge in [-0.1, -0.05) is 27.2 Å². The average Bonchev–Trinajstić information content (AvgIpc) is 3.16. The van der Waals surface area contributed by atoms with Gasteiger partial charge in [0, 0.05) is 4.88 Å². The number of ether oxygens (including phenoxy) is 1. The third-order valence-electron chi connectivity index (χ3n) is 6.69. The SMILES string of the molecule is CCC(C)(C)C1CCc2sc3ncnc(N/N=C(\C)c4ccc(OC)cc4)c3c2C1. The maximum absolute atomic E-state index is 5.24. The van der Waals surface area contributed by atoms with Crippen molar-refractivity contribution in [2.75, 3.05) is 12.5 Å². The molecular weight excluding hydrogens is 392 g/mol. The smallest absolute Gasteiger partial charge is 0.158 e. The second kappa shape index (κ2) is 8.34. The number of benzene rings is 1. The van der Waals surface area contributed by atoms with Gasteiger partial charge in [0.1, 0.15) is 16.9 Å². The molecule has 158 valence electrons. The summed E-state index contributed by atoms with van der Waals surface area (Å²) < 4.78 is 5.24. The Morgan fingerprint density at radius 3 is 2.73 bits per heavy atom. The van der Waals surface area contributed by atoms with Gasteiger partial charge in [0.25, 0.3) is 0 Å². The second-order valence-corrected chi connectivity index (χ2v) is 9.81. The molecule has 4 rings (SSSR count). The third-order valence-corrected chi connectivity index (χ3v) is 7.89. The van der Waals surface area contributed by atoms with Crippen molar-refractivity contribution in [3.8, 4) is 5.75 Å². The number of methoxy groups -OCH3 is 1. The molecule has 2 aromatic heterocycles. The average molecular weight is 423 g/mol. The molecule has 1 N–H and O–H groups in total. The topological polar surface area (TPSA) is 59.4 Å². The highest BCUT2D eigenvalue weighted by molar-refractivity contribution is 7.19. The number of rotatable bonds is 6. The molecule has 1 aliphatic rings. The Bertz CT molecular complexity index is 1070. The maximum atomic E-state index is 5.24. The minimum Gasteiger partial charge on any atom is -0.497 e. The minimum atomic E-state index is 0.346. The van der Waals surface area contributed by atoms with Crippen molar-refractivity contribution >= 4 is 33.1 Å². The Morgan fingerprint density at radius 2 is 2.03 bits per heavy atom. The summed E-state index contributed by atoms with van der Waals surface area (Å²) in [5.74, 6) is 2.33. The molecule has 0 saturated heterocycles. The Kier molecular flexibility index (Phi) is 5.78. The monoisotopic (exact) mass is 422 g/mol. The maximum Gasteiger partial charge on any atom is 0.158 e. The Labute approximate surface area is 182 Å². The van der Waals surface area contributed by atoms with Gasteiger partial charge in [-0.05, 0) is 72.9 Å². The van der Waals surface area contributed by atoms with Crippen molar-refractivity contribution in [1.29, 1.82) is 0 Å². The van der Waals surface area contributed by atoms with Gasteiger partial charge in [-0.3, -0.25) is 5.43 Å². The molecule has 0 saturated carbocycles. The number of thiophene rings is 1. The number of nitrogens with zero attached hydrogens (tertiary/aromatic N) is 3. The summed E-state index contributed by atoms with van der Waals surface area (Å²) in [4.78, 5) is 11.6. The van der Waals surface area contributed by atoms with Gasteiger partial charge >= 0.3 is 0 Å². The number of aromatic nitrogens is 2. The zero-order valence-corrected chi connectivity index (χ0v) is 19.3. The summed E-state index contributed by atoms with van der Waals surface area (Å²) in [5.41, 5.74) is 6.95. The van der Waals surface area contributed by atoms with Crippen LogP contribution in [0.2, 0.25) is 0 Å². The highest BCUT2D eigenvalue weighted by Crippen LogP contribution is 2.45. The number of anilines is 1. The van der Waals surface area contributed by atoms with E-state index in [2.05, 4.69) is 41.3 Å². The fourth-order valence-corrected chi connectivity index (χ4v) is 5.37. The first kappa shape index (κ1) is 20.8. The first-order valence-electron chi connectivity index (χ1n) is 10.6. The zero-order chi connectivity index (χ0) is 21.3. The van der Waals surface area contributed by atoms with E-state index >= 15 is 0 Å². The summed E-state index contributed by atoms with van der Waals surface area (Å²) >= 11 is 1.82. The van der Waals surface area contributed by atoms with E-state index in [1.807, 2.05) is 42.5 Å². The van der Waals surface area contributed by atoms with Gasteiger partial charge in [0.2, 0.25) is 0 Å². The number of nitrogens with one attached hydrogen (secondary N) is 1. The van der Waals surface area contributed by atoms with Gasteiger partial charge in [-0.25, -0.2) is 9.97 Å². The molecule has 3 aromatic rings. The van der Waals surface area contributed by atoms with Gasteiger partial charge in [0.15, 0.2) is 5.82 Å². The molecule has 6 heteroatoms. The van der Waals surface area contributed by atoms with Gasteiger partial charge in [-0.15, -0.1) is 11.3 Å². The van der Waals surface area contributed by atoms with Crippen LogP contribution >= 0.6 is 11.3 Å². The van der Waals surface area contributed by atoms with Crippen LogP contribution in [0.3, 0.4) is 0 Å². The predicted octanol–water partition coefficient (Wildman–Crippen LogP) is 6.08. The Hall–Kier alpha value is -2.47. The molecule has 0 radical (unpaired) electrons. The molecule has 0 bridgehead atoms. The number of hydrazone groups is 1. The van der Waals surface area contributed by atoms with E-state index in [0.717, 1.165) is 45.9 Å². The van der Waals surface area contributed by atoms with E-state index in [9.17, 15) is 0 Å². The highest BCUT2D eigenvalue weighted by Gasteiger charge is 2.33. The van der Waals surface area contributed by atoms with E-state index in [1.54, 1.807) is 13.4 Å². The first-order chi connectivity index (χ1) is 14.4. The van der Waals surface area contributed by atoms with Gasteiger partial charge in [0.05, 0.1) is 18.2 Å². The molecule has 0 spiro atoms. The number of aryl methyl sites for hydroxylation is 1. The molecule has 0 fully saturated rings. The Balaban J connectivity index is 1.64.